The number of benzene rings is 2. The van der Waals surface area contributed by atoms with Gasteiger partial charge in [0.1, 0.15) is 11.6 Å². The first-order valence-electron chi connectivity index (χ1n) is 7.13. The van der Waals surface area contributed by atoms with Crippen LogP contribution in [0.25, 0.3) is 0 Å². The van der Waals surface area contributed by atoms with Crippen LogP contribution in [0.4, 0.5) is 14.5 Å². The largest absolute Gasteiger partial charge is 0.324 e. The highest BCUT2D eigenvalue weighted by Gasteiger charge is 2.12. The zero-order valence-corrected chi connectivity index (χ0v) is 13.4. The van der Waals surface area contributed by atoms with Crippen molar-refractivity contribution in [2.24, 2.45) is 0 Å². The van der Waals surface area contributed by atoms with E-state index in [1.54, 1.807) is 36.2 Å². The molecule has 6 heteroatoms. The SMILES string of the molecule is CN(CCC(=O)Nc1ccccc1F)Cc1c(F)cccc1Cl. The average Bonchev–Trinajstić information content (AvgIpc) is 2.51. The van der Waals surface area contributed by atoms with Crippen LogP contribution in [-0.2, 0) is 11.3 Å². The van der Waals surface area contributed by atoms with Gasteiger partial charge >= 0.3 is 0 Å². The molecule has 0 spiro atoms. The minimum atomic E-state index is -0.479. The lowest BCUT2D eigenvalue weighted by molar-refractivity contribution is -0.116. The molecule has 0 radical (unpaired) electrons. The van der Waals surface area contributed by atoms with Crippen LogP contribution < -0.4 is 5.32 Å². The van der Waals surface area contributed by atoms with Crippen LogP contribution >= 0.6 is 11.6 Å². The number of carbonyl (C=O) groups excluding carboxylic acids is 1. The van der Waals surface area contributed by atoms with Crippen molar-refractivity contribution in [3.8, 4) is 0 Å². The molecule has 23 heavy (non-hydrogen) atoms. The second-order valence-electron chi connectivity index (χ2n) is 5.22. The van der Waals surface area contributed by atoms with E-state index in [1.165, 1.54) is 18.2 Å². The zero-order valence-electron chi connectivity index (χ0n) is 12.7. The van der Waals surface area contributed by atoms with E-state index in [-0.39, 0.29) is 23.8 Å². The minimum Gasteiger partial charge on any atom is -0.324 e. The molecule has 0 bridgehead atoms. The fraction of sp³-hybridized carbons (Fsp3) is 0.235. The summed E-state index contributed by atoms with van der Waals surface area (Å²) in [4.78, 5) is 13.6. The highest BCUT2D eigenvalue weighted by molar-refractivity contribution is 6.31. The van der Waals surface area contributed by atoms with Gasteiger partial charge in [-0.25, -0.2) is 8.78 Å². The number of nitrogens with zero attached hydrogens (tertiary/aromatic N) is 1. The molecule has 2 aromatic rings. The molecule has 1 N–H and O–H groups in total. The molecule has 0 aliphatic carbocycles. The fourth-order valence-corrected chi connectivity index (χ4v) is 2.32. The number of carbonyl (C=O) groups is 1. The maximum atomic E-state index is 13.7. The Balaban J connectivity index is 1.86. The Labute approximate surface area is 138 Å². The van der Waals surface area contributed by atoms with Crippen LogP contribution in [0.5, 0.6) is 0 Å². The lowest BCUT2D eigenvalue weighted by Crippen LogP contribution is -2.24. The molecule has 2 rings (SSSR count). The van der Waals surface area contributed by atoms with E-state index in [2.05, 4.69) is 5.32 Å². The van der Waals surface area contributed by atoms with E-state index in [0.29, 0.717) is 23.7 Å². The van der Waals surface area contributed by atoms with Crippen molar-refractivity contribution in [1.82, 2.24) is 4.90 Å². The van der Waals surface area contributed by atoms with Gasteiger partial charge < -0.3 is 10.2 Å². The van der Waals surface area contributed by atoms with Crippen LogP contribution in [0.3, 0.4) is 0 Å². The molecule has 0 aliphatic rings. The number of para-hydroxylation sites is 1. The molecule has 0 fully saturated rings. The van der Waals surface area contributed by atoms with E-state index in [4.69, 9.17) is 11.6 Å². The molecule has 1 amide bonds. The monoisotopic (exact) mass is 338 g/mol. The van der Waals surface area contributed by atoms with Crippen molar-refractivity contribution < 1.29 is 13.6 Å². The molecule has 2 aromatic carbocycles. The Morgan fingerprint density at radius 2 is 1.83 bits per heavy atom. The topological polar surface area (TPSA) is 32.3 Å². The Kier molecular flexibility index (Phi) is 6.07. The molecule has 3 nitrogen and oxygen atoms in total. The summed E-state index contributed by atoms with van der Waals surface area (Å²) in [5, 5.41) is 2.87. The summed E-state index contributed by atoms with van der Waals surface area (Å²) in [7, 11) is 1.76. The molecular formula is C17H17ClF2N2O. The van der Waals surface area contributed by atoms with Gasteiger partial charge in [-0.05, 0) is 31.3 Å². The number of anilines is 1. The maximum Gasteiger partial charge on any atom is 0.225 e. The Hall–Kier alpha value is -1.98. The second kappa shape index (κ2) is 8.04. The number of amides is 1. The lowest BCUT2D eigenvalue weighted by atomic mass is 10.2. The van der Waals surface area contributed by atoms with E-state index >= 15 is 0 Å². The van der Waals surface area contributed by atoms with E-state index < -0.39 is 5.82 Å². The van der Waals surface area contributed by atoms with Crippen molar-refractivity contribution in [3.63, 3.8) is 0 Å². The van der Waals surface area contributed by atoms with Crippen LogP contribution in [0.15, 0.2) is 42.5 Å². The molecule has 0 saturated heterocycles. The molecule has 0 heterocycles. The maximum absolute atomic E-state index is 13.7. The van der Waals surface area contributed by atoms with Gasteiger partial charge in [0.25, 0.3) is 0 Å². The Bertz CT molecular complexity index is 674. The molecule has 0 unspecified atom stereocenters. The van der Waals surface area contributed by atoms with E-state index in [0.717, 1.165) is 0 Å². The van der Waals surface area contributed by atoms with Crippen LogP contribution in [0.1, 0.15) is 12.0 Å². The molecule has 0 atom stereocenters. The predicted octanol–water partition coefficient (Wildman–Crippen LogP) is 4.08. The van der Waals surface area contributed by atoms with E-state index in [9.17, 15) is 13.6 Å². The molecule has 0 aliphatic heterocycles. The minimum absolute atomic E-state index is 0.150. The number of rotatable bonds is 6. The standard InChI is InChI=1S/C17H17ClF2N2O/c1-22(11-12-13(18)5-4-7-14(12)19)10-9-17(23)21-16-8-3-2-6-15(16)20/h2-8H,9-11H2,1H3,(H,21,23). The van der Waals surface area contributed by atoms with E-state index in [1.807, 2.05) is 0 Å². The molecule has 0 aromatic heterocycles. The predicted molar refractivity (Wildman–Crippen MR) is 87.4 cm³/mol. The average molecular weight is 339 g/mol. The van der Waals surface area contributed by atoms with Crippen molar-refractivity contribution in [3.05, 3.63) is 64.7 Å². The first-order valence-corrected chi connectivity index (χ1v) is 7.51. The summed E-state index contributed by atoms with van der Waals surface area (Å²) in [6.45, 7) is 0.684. The lowest BCUT2D eigenvalue weighted by Gasteiger charge is -2.17. The van der Waals surface area contributed by atoms with Crippen molar-refractivity contribution in [1.29, 1.82) is 0 Å². The van der Waals surface area contributed by atoms with Crippen LogP contribution in [0.2, 0.25) is 5.02 Å². The normalized spacial score (nSPS) is 10.8. The van der Waals surface area contributed by atoms with Gasteiger partial charge in [-0.1, -0.05) is 29.8 Å². The highest BCUT2D eigenvalue weighted by atomic mass is 35.5. The Morgan fingerprint density at radius 3 is 2.52 bits per heavy atom. The summed E-state index contributed by atoms with van der Waals surface area (Å²) in [6, 6.07) is 10.5. The van der Waals surface area contributed by atoms with Gasteiger partial charge in [-0.3, -0.25) is 4.79 Å². The smallest absolute Gasteiger partial charge is 0.225 e. The van der Waals surface area contributed by atoms with Crippen LogP contribution in [-0.4, -0.2) is 24.4 Å². The van der Waals surface area contributed by atoms with Gasteiger partial charge in [-0.15, -0.1) is 0 Å². The van der Waals surface area contributed by atoms with Gasteiger partial charge in [0, 0.05) is 30.1 Å². The van der Waals surface area contributed by atoms with Crippen molar-refractivity contribution in [2.45, 2.75) is 13.0 Å². The number of hydrogen-bond donors (Lipinski definition) is 1. The number of nitrogens with one attached hydrogen (secondary N) is 1. The third-order valence-electron chi connectivity index (χ3n) is 3.36. The van der Waals surface area contributed by atoms with Crippen LogP contribution in [0, 0.1) is 11.6 Å². The number of hydrogen-bond acceptors (Lipinski definition) is 2. The van der Waals surface area contributed by atoms with Crippen molar-refractivity contribution in [2.75, 3.05) is 18.9 Å². The molecular weight excluding hydrogens is 322 g/mol. The number of halogens is 3. The zero-order chi connectivity index (χ0) is 16.8. The quantitative estimate of drug-likeness (QED) is 0.860. The van der Waals surface area contributed by atoms with Gasteiger partial charge in [0.2, 0.25) is 5.91 Å². The fourth-order valence-electron chi connectivity index (χ4n) is 2.10. The molecule has 122 valence electrons. The third kappa shape index (κ3) is 5.01. The van der Waals surface area contributed by atoms with Gasteiger partial charge in [-0.2, -0.15) is 0 Å². The van der Waals surface area contributed by atoms with Crippen molar-refractivity contribution >= 4 is 23.2 Å². The van der Waals surface area contributed by atoms with Gasteiger partial charge in [0.15, 0.2) is 0 Å². The highest BCUT2D eigenvalue weighted by Crippen LogP contribution is 2.20. The summed E-state index contributed by atoms with van der Waals surface area (Å²) in [6.07, 6.45) is 0.164. The second-order valence-corrected chi connectivity index (χ2v) is 5.62. The first-order chi connectivity index (χ1) is 11.0. The summed E-state index contributed by atoms with van der Waals surface area (Å²) in [5.41, 5.74) is 0.545. The summed E-state index contributed by atoms with van der Waals surface area (Å²) in [5.74, 6) is -1.16. The van der Waals surface area contributed by atoms with Gasteiger partial charge in [0.05, 0.1) is 5.69 Å². The third-order valence-corrected chi connectivity index (χ3v) is 3.71. The summed E-state index contributed by atoms with van der Waals surface area (Å²) < 4.78 is 27.2. The first kappa shape index (κ1) is 17.4. The molecule has 0 saturated carbocycles. The Morgan fingerprint density at radius 1 is 1.13 bits per heavy atom. The summed E-state index contributed by atoms with van der Waals surface area (Å²) >= 11 is 5.97.